The summed E-state index contributed by atoms with van der Waals surface area (Å²) in [6.45, 7) is 7.13. The molecule has 0 fully saturated rings. The van der Waals surface area contributed by atoms with E-state index in [1.165, 1.54) is 181 Å². The van der Waals surface area contributed by atoms with E-state index in [4.69, 9.17) is 0 Å². The van der Waals surface area contributed by atoms with Crippen LogP contribution >= 0.6 is 0 Å². The van der Waals surface area contributed by atoms with E-state index in [0.29, 0.717) is 12.8 Å². The fourth-order valence-corrected chi connectivity index (χ4v) is 7.39. The molecule has 0 aliphatic rings. The summed E-state index contributed by atoms with van der Waals surface area (Å²) >= 11 is 0. The Balaban J connectivity index is 3.98. The predicted octanol–water partition coefficient (Wildman–Crippen LogP) is 11.2. The van der Waals surface area contributed by atoms with Crippen molar-refractivity contribution < 1.29 is 30.6 Å². The minimum Gasteiger partial charge on any atom is -0.390 e. The van der Waals surface area contributed by atoms with E-state index in [9.17, 15) is 30.6 Å². The van der Waals surface area contributed by atoms with Gasteiger partial charge in [-0.15, -0.1) is 0 Å². The van der Waals surface area contributed by atoms with Gasteiger partial charge in [0.05, 0.1) is 12.2 Å². The molecule has 0 aromatic carbocycles. The van der Waals surface area contributed by atoms with Crippen molar-refractivity contribution in [3.8, 4) is 0 Å². The average molecular weight is 715 g/mol. The van der Waals surface area contributed by atoms with E-state index in [0.717, 1.165) is 38.5 Å². The van der Waals surface area contributed by atoms with Gasteiger partial charge in [0.2, 0.25) is 0 Å². The Bertz CT molecular complexity index is 640. The van der Waals surface area contributed by atoms with Crippen molar-refractivity contribution in [2.75, 3.05) is 0 Å². The van der Waals surface area contributed by atoms with Crippen molar-refractivity contribution in [1.29, 1.82) is 0 Å². The highest BCUT2D eigenvalue weighted by Gasteiger charge is 2.50. The number of aliphatic hydroxyl groups is 6. The average Bonchev–Trinajstić information content (AvgIpc) is 3.10. The topological polar surface area (TPSA) is 121 Å². The van der Waals surface area contributed by atoms with Gasteiger partial charge in [-0.1, -0.05) is 219 Å². The van der Waals surface area contributed by atoms with Gasteiger partial charge in [0, 0.05) is 0 Å². The smallest absolute Gasteiger partial charge is 0.116 e. The summed E-state index contributed by atoms with van der Waals surface area (Å²) in [6, 6.07) is 0. The first-order valence-corrected chi connectivity index (χ1v) is 22.2. The van der Waals surface area contributed by atoms with Crippen molar-refractivity contribution >= 4 is 0 Å². The van der Waals surface area contributed by atoms with Crippen LogP contribution in [0.3, 0.4) is 0 Å². The maximum Gasteiger partial charge on any atom is 0.116 e. The molecule has 2 unspecified atom stereocenters. The summed E-state index contributed by atoms with van der Waals surface area (Å²) in [6.07, 6.45) is 34.7. The second-order valence-corrected chi connectivity index (χ2v) is 16.6. The zero-order chi connectivity index (χ0) is 37.4. The number of hydrogen-bond acceptors (Lipinski definition) is 6. The minimum atomic E-state index is -2.01. The standard InChI is InChI=1S/C44H90O6/c1-5-7-9-11-13-15-17-19-21-23-25-27-29-31-33-35-37-39(45)43(3,49)41(47)42(48)44(4,50)40(46)38-36-34-32-30-28-26-24-22-20-18-16-14-12-10-8-6-2/h39-42,45-50H,5-38H2,1-4H3/t39?,40?,41-,42-,43+,44+/m0/s1. The highest BCUT2D eigenvalue weighted by Crippen LogP contribution is 2.30. The third kappa shape index (κ3) is 25.7. The van der Waals surface area contributed by atoms with E-state index < -0.39 is 35.6 Å². The van der Waals surface area contributed by atoms with Crippen LogP contribution in [0.25, 0.3) is 0 Å². The van der Waals surface area contributed by atoms with Gasteiger partial charge in [-0.05, 0) is 26.7 Å². The normalized spacial score (nSPS) is 16.9. The summed E-state index contributed by atoms with van der Waals surface area (Å²) in [7, 11) is 0. The first-order valence-electron chi connectivity index (χ1n) is 22.2. The van der Waals surface area contributed by atoms with Crippen LogP contribution in [-0.4, -0.2) is 66.3 Å². The van der Waals surface area contributed by atoms with Crippen LogP contribution in [0.5, 0.6) is 0 Å². The maximum atomic E-state index is 11.0. The largest absolute Gasteiger partial charge is 0.390 e. The molecule has 0 aliphatic heterocycles. The van der Waals surface area contributed by atoms with Gasteiger partial charge in [0.15, 0.2) is 0 Å². The molecule has 6 N–H and O–H groups in total. The predicted molar refractivity (Wildman–Crippen MR) is 214 cm³/mol. The lowest BCUT2D eigenvalue weighted by atomic mass is 9.78. The second kappa shape index (κ2) is 33.3. The zero-order valence-electron chi connectivity index (χ0n) is 34.0. The third-order valence-corrected chi connectivity index (χ3v) is 11.5. The Morgan fingerprint density at radius 3 is 0.640 bits per heavy atom. The van der Waals surface area contributed by atoms with E-state index in [1.807, 2.05) is 0 Å². The molecule has 50 heavy (non-hydrogen) atoms. The van der Waals surface area contributed by atoms with Crippen molar-refractivity contribution in [3.05, 3.63) is 0 Å². The van der Waals surface area contributed by atoms with E-state index in [1.54, 1.807) is 0 Å². The first-order chi connectivity index (χ1) is 24.0. The molecule has 0 spiro atoms. The molecule has 302 valence electrons. The molecule has 0 heterocycles. The summed E-state index contributed by atoms with van der Waals surface area (Å²) in [5.74, 6) is 0. The maximum absolute atomic E-state index is 11.0. The van der Waals surface area contributed by atoms with Crippen LogP contribution in [0.15, 0.2) is 0 Å². The Hall–Kier alpha value is -0.240. The van der Waals surface area contributed by atoms with Gasteiger partial charge in [-0.2, -0.15) is 0 Å². The van der Waals surface area contributed by atoms with Crippen molar-refractivity contribution in [3.63, 3.8) is 0 Å². The number of aliphatic hydroxyl groups excluding tert-OH is 4. The van der Waals surface area contributed by atoms with Crippen molar-refractivity contribution in [2.45, 2.75) is 282 Å². The monoisotopic (exact) mass is 715 g/mol. The molecule has 0 amide bonds. The van der Waals surface area contributed by atoms with Gasteiger partial charge < -0.3 is 30.6 Å². The van der Waals surface area contributed by atoms with Gasteiger partial charge in [0.1, 0.15) is 23.4 Å². The molecule has 0 aromatic rings. The first kappa shape index (κ1) is 49.8. The van der Waals surface area contributed by atoms with Crippen LogP contribution in [0.1, 0.15) is 246 Å². The second-order valence-electron chi connectivity index (χ2n) is 16.6. The lowest BCUT2D eigenvalue weighted by molar-refractivity contribution is -0.224. The summed E-state index contributed by atoms with van der Waals surface area (Å²) in [5.41, 5.74) is -4.01. The van der Waals surface area contributed by atoms with Gasteiger partial charge >= 0.3 is 0 Å². The molecule has 6 atom stereocenters. The molecule has 0 radical (unpaired) electrons. The SMILES string of the molecule is CCCCCCCCCCCCCCCCCCC(O)[C@@](C)(O)[C@@H](O)[C@H](O)[C@](C)(O)C(O)CCCCCCCCCCCCCCCCCC. The Kier molecular flexibility index (Phi) is 33.2. The molecule has 0 rings (SSSR count). The molecule has 0 aliphatic carbocycles. The number of rotatable bonds is 39. The molecule has 0 bridgehead atoms. The number of unbranched alkanes of at least 4 members (excludes halogenated alkanes) is 30. The van der Waals surface area contributed by atoms with E-state index in [-0.39, 0.29) is 0 Å². The quantitative estimate of drug-likeness (QED) is 0.0353. The van der Waals surface area contributed by atoms with Crippen LogP contribution < -0.4 is 0 Å². The van der Waals surface area contributed by atoms with Crippen LogP contribution in [-0.2, 0) is 0 Å². The Morgan fingerprint density at radius 2 is 0.460 bits per heavy atom. The minimum absolute atomic E-state index is 0.305. The van der Waals surface area contributed by atoms with Gasteiger partial charge in [0.25, 0.3) is 0 Å². The summed E-state index contributed by atoms with van der Waals surface area (Å²) in [5, 5.41) is 65.0. The van der Waals surface area contributed by atoms with Gasteiger partial charge in [-0.3, -0.25) is 0 Å². The highest BCUT2D eigenvalue weighted by atomic mass is 16.4. The third-order valence-electron chi connectivity index (χ3n) is 11.5. The van der Waals surface area contributed by atoms with Crippen LogP contribution in [0, 0.1) is 0 Å². The molecule has 6 heteroatoms. The molecular weight excluding hydrogens is 624 g/mol. The zero-order valence-corrected chi connectivity index (χ0v) is 34.0. The van der Waals surface area contributed by atoms with Crippen molar-refractivity contribution in [1.82, 2.24) is 0 Å². The summed E-state index contributed by atoms with van der Waals surface area (Å²) in [4.78, 5) is 0. The Morgan fingerprint density at radius 1 is 0.300 bits per heavy atom. The molecule has 0 saturated heterocycles. The van der Waals surface area contributed by atoms with E-state index >= 15 is 0 Å². The molecule has 6 nitrogen and oxygen atoms in total. The van der Waals surface area contributed by atoms with Gasteiger partial charge in [-0.25, -0.2) is 0 Å². The Labute approximate surface area is 311 Å². The lowest BCUT2D eigenvalue weighted by Crippen LogP contribution is -2.63. The van der Waals surface area contributed by atoms with Crippen LogP contribution in [0.4, 0.5) is 0 Å². The fraction of sp³-hybridized carbons (Fsp3) is 1.00. The highest BCUT2D eigenvalue weighted by molar-refractivity contribution is 5.01. The summed E-state index contributed by atoms with van der Waals surface area (Å²) < 4.78 is 0. The number of hydrogen-bond donors (Lipinski definition) is 6. The van der Waals surface area contributed by atoms with Crippen LogP contribution in [0.2, 0.25) is 0 Å². The molecule has 0 saturated carbocycles. The van der Waals surface area contributed by atoms with Crippen molar-refractivity contribution in [2.24, 2.45) is 0 Å². The fourth-order valence-electron chi connectivity index (χ4n) is 7.39. The lowest BCUT2D eigenvalue weighted by Gasteiger charge is -2.42. The molecular formula is C44H90O6. The molecule has 0 aromatic heterocycles. The van der Waals surface area contributed by atoms with E-state index in [2.05, 4.69) is 13.8 Å².